The van der Waals surface area contributed by atoms with Gasteiger partial charge in [0.2, 0.25) is 0 Å². The molecule has 1 aliphatic carbocycles. The fourth-order valence-corrected chi connectivity index (χ4v) is 3.12. The average Bonchev–Trinajstić information content (AvgIpc) is 2.27. The summed E-state index contributed by atoms with van der Waals surface area (Å²) in [5.41, 5.74) is 0.562. The minimum Gasteiger partial charge on any atom is -0.459 e. The summed E-state index contributed by atoms with van der Waals surface area (Å²) in [5.74, 6) is -0.341. The van der Waals surface area contributed by atoms with Crippen LogP contribution in [0.25, 0.3) is 0 Å². The number of carbonyl (C=O) groups is 1. The third-order valence-electron chi connectivity index (χ3n) is 3.21. The van der Waals surface area contributed by atoms with Crippen molar-refractivity contribution in [3.8, 4) is 0 Å². The largest absolute Gasteiger partial charge is 0.459 e. The van der Waals surface area contributed by atoms with E-state index in [4.69, 9.17) is 4.74 Å². The van der Waals surface area contributed by atoms with Gasteiger partial charge in [0.25, 0.3) is 0 Å². The third-order valence-corrected chi connectivity index (χ3v) is 4.85. The Kier molecular flexibility index (Phi) is 4.74. The predicted molar refractivity (Wildman–Crippen MR) is 66.4 cm³/mol. The number of ether oxygens (including phenoxy) is 1. The van der Waals surface area contributed by atoms with Crippen LogP contribution in [0, 0.1) is 0 Å². The molecule has 0 aromatic rings. The zero-order valence-corrected chi connectivity index (χ0v) is 11.4. The Hall–Kier alpha value is -0.840. The molecule has 4 nitrogen and oxygen atoms in total. The van der Waals surface area contributed by atoms with E-state index in [9.17, 15) is 13.2 Å². The Labute approximate surface area is 103 Å². The molecule has 0 aromatic heterocycles. The molecule has 0 aromatic carbocycles. The number of hydrogen-bond acceptors (Lipinski definition) is 4. The standard InChI is InChI=1S/C12H20O4S/c1-4-9(2)12(13)16-10-6-5-7-11(8-10)17(3,14)15/h4,10-11H,5-8H2,1-3H3/b9-4+. The van der Waals surface area contributed by atoms with Crippen molar-refractivity contribution < 1.29 is 17.9 Å². The molecule has 1 saturated carbocycles. The van der Waals surface area contributed by atoms with E-state index in [0.717, 1.165) is 12.8 Å². The first-order chi connectivity index (χ1) is 7.84. The SMILES string of the molecule is C/C=C(\C)C(=O)OC1CCCC(S(C)(=O)=O)C1. The Balaban J connectivity index is 2.60. The van der Waals surface area contributed by atoms with Crippen molar-refractivity contribution in [2.45, 2.75) is 50.9 Å². The molecular formula is C12H20O4S. The summed E-state index contributed by atoms with van der Waals surface area (Å²) in [6.07, 6.45) is 5.35. The first-order valence-electron chi connectivity index (χ1n) is 5.87. The molecular weight excluding hydrogens is 240 g/mol. The van der Waals surface area contributed by atoms with Crippen molar-refractivity contribution >= 4 is 15.8 Å². The van der Waals surface area contributed by atoms with Gasteiger partial charge < -0.3 is 4.74 Å². The predicted octanol–water partition coefficient (Wildman–Crippen LogP) is 1.85. The van der Waals surface area contributed by atoms with Gasteiger partial charge in [-0.05, 0) is 33.1 Å². The molecule has 0 spiro atoms. The lowest BCUT2D eigenvalue weighted by Gasteiger charge is -2.27. The van der Waals surface area contributed by atoms with Gasteiger partial charge >= 0.3 is 5.97 Å². The minimum absolute atomic E-state index is 0.258. The van der Waals surface area contributed by atoms with Crippen molar-refractivity contribution in [3.63, 3.8) is 0 Å². The van der Waals surface area contributed by atoms with Crippen molar-refractivity contribution in [2.75, 3.05) is 6.26 Å². The van der Waals surface area contributed by atoms with Crippen LogP contribution in [0.5, 0.6) is 0 Å². The monoisotopic (exact) mass is 260 g/mol. The van der Waals surface area contributed by atoms with Crippen LogP contribution in [-0.4, -0.2) is 32.0 Å². The van der Waals surface area contributed by atoms with E-state index in [0.29, 0.717) is 18.4 Å². The van der Waals surface area contributed by atoms with Gasteiger partial charge in [0, 0.05) is 18.2 Å². The lowest BCUT2D eigenvalue weighted by Crippen LogP contribution is -2.33. The Morgan fingerprint density at radius 2 is 2.00 bits per heavy atom. The maximum atomic E-state index is 11.6. The number of rotatable bonds is 3. The molecule has 0 saturated heterocycles. The van der Waals surface area contributed by atoms with E-state index < -0.39 is 9.84 Å². The van der Waals surface area contributed by atoms with Gasteiger partial charge in [0.05, 0.1) is 5.25 Å². The van der Waals surface area contributed by atoms with Crippen molar-refractivity contribution in [1.29, 1.82) is 0 Å². The molecule has 0 bridgehead atoms. The Bertz CT molecular complexity index is 408. The second kappa shape index (κ2) is 5.67. The number of carbonyl (C=O) groups excluding carboxylic acids is 1. The molecule has 17 heavy (non-hydrogen) atoms. The maximum absolute atomic E-state index is 11.6. The van der Waals surface area contributed by atoms with Crippen molar-refractivity contribution in [1.82, 2.24) is 0 Å². The lowest BCUT2D eigenvalue weighted by molar-refractivity contribution is -0.145. The molecule has 0 aliphatic heterocycles. The lowest BCUT2D eigenvalue weighted by atomic mass is 9.97. The fourth-order valence-electron chi connectivity index (χ4n) is 1.96. The second-order valence-electron chi connectivity index (χ2n) is 4.62. The topological polar surface area (TPSA) is 60.4 Å². The van der Waals surface area contributed by atoms with Crippen LogP contribution >= 0.6 is 0 Å². The molecule has 0 heterocycles. The third kappa shape index (κ3) is 4.15. The van der Waals surface area contributed by atoms with Crippen molar-refractivity contribution in [3.05, 3.63) is 11.6 Å². The van der Waals surface area contributed by atoms with E-state index >= 15 is 0 Å². The summed E-state index contributed by atoms with van der Waals surface area (Å²) in [7, 11) is -3.03. The van der Waals surface area contributed by atoms with Gasteiger partial charge in [0.15, 0.2) is 0 Å². The van der Waals surface area contributed by atoms with Gasteiger partial charge in [-0.15, -0.1) is 0 Å². The fraction of sp³-hybridized carbons (Fsp3) is 0.750. The van der Waals surface area contributed by atoms with Gasteiger partial charge in [-0.2, -0.15) is 0 Å². The van der Waals surface area contributed by atoms with Crippen LogP contribution < -0.4 is 0 Å². The molecule has 2 unspecified atom stereocenters. The first-order valence-corrected chi connectivity index (χ1v) is 7.82. The zero-order valence-electron chi connectivity index (χ0n) is 10.6. The molecule has 0 N–H and O–H groups in total. The highest BCUT2D eigenvalue weighted by molar-refractivity contribution is 7.91. The highest BCUT2D eigenvalue weighted by atomic mass is 32.2. The van der Waals surface area contributed by atoms with Crippen LogP contribution in [0.2, 0.25) is 0 Å². The van der Waals surface area contributed by atoms with Crippen LogP contribution in [0.4, 0.5) is 0 Å². The molecule has 1 aliphatic rings. The van der Waals surface area contributed by atoms with Gasteiger partial charge in [-0.3, -0.25) is 0 Å². The average molecular weight is 260 g/mol. The van der Waals surface area contributed by atoms with E-state index in [1.807, 2.05) is 0 Å². The zero-order chi connectivity index (χ0) is 13.1. The first kappa shape index (κ1) is 14.2. The minimum atomic E-state index is -3.03. The van der Waals surface area contributed by atoms with E-state index in [1.54, 1.807) is 19.9 Å². The smallest absolute Gasteiger partial charge is 0.333 e. The van der Waals surface area contributed by atoms with E-state index in [2.05, 4.69) is 0 Å². The maximum Gasteiger partial charge on any atom is 0.333 e. The normalized spacial score (nSPS) is 26.6. The van der Waals surface area contributed by atoms with Crippen LogP contribution in [0.1, 0.15) is 39.5 Å². The van der Waals surface area contributed by atoms with Gasteiger partial charge in [-0.25, -0.2) is 13.2 Å². The number of esters is 1. The summed E-state index contributed by atoms with van der Waals surface area (Å²) in [5, 5.41) is -0.361. The summed E-state index contributed by atoms with van der Waals surface area (Å²) >= 11 is 0. The summed E-state index contributed by atoms with van der Waals surface area (Å²) in [6, 6.07) is 0. The quantitative estimate of drug-likeness (QED) is 0.574. The number of sulfone groups is 1. The Morgan fingerprint density at radius 3 is 2.53 bits per heavy atom. The van der Waals surface area contributed by atoms with Gasteiger partial charge in [-0.1, -0.05) is 6.08 Å². The van der Waals surface area contributed by atoms with Crippen LogP contribution in [0.15, 0.2) is 11.6 Å². The van der Waals surface area contributed by atoms with E-state index in [-0.39, 0.29) is 17.3 Å². The molecule has 2 atom stereocenters. The second-order valence-corrected chi connectivity index (χ2v) is 6.94. The summed E-state index contributed by atoms with van der Waals surface area (Å²) < 4.78 is 28.2. The Morgan fingerprint density at radius 1 is 1.35 bits per heavy atom. The van der Waals surface area contributed by atoms with Crippen LogP contribution in [0.3, 0.4) is 0 Å². The summed E-state index contributed by atoms with van der Waals surface area (Å²) in [4.78, 5) is 11.6. The summed E-state index contributed by atoms with van der Waals surface area (Å²) in [6.45, 7) is 3.47. The molecule has 98 valence electrons. The number of hydrogen-bond donors (Lipinski definition) is 0. The van der Waals surface area contributed by atoms with Gasteiger partial charge in [0.1, 0.15) is 15.9 Å². The highest BCUT2D eigenvalue weighted by Crippen LogP contribution is 2.26. The molecule has 1 rings (SSSR count). The molecule has 0 amide bonds. The highest BCUT2D eigenvalue weighted by Gasteiger charge is 2.30. The van der Waals surface area contributed by atoms with E-state index in [1.165, 1.54) is 6.26 Å². The van der Waals surface area contributed by atoms with Crippen LogP contribution in [-0.2, 0) is 19.4 Å². The molecule has 5 heteroatoms. The molecule has 0 radical (unpaired) electrons. The van der Waals surface area contributed by atoms with Crippen molar-refractivity contribution in [2.24, 2.45) is 0 Å². The number of allylic oxidation sites excluding steroid dienone is 1. The molecule has 1 fully saturated rings.